The van der Waals surface area contributed by atoms with E-state index in [2.05, 4.69) is 50.5 Å². The number of rotatable bonds is 8. The molecule has 0 aliphatic carbocycles. The van der Waals surface area contributed by atoms with Crippen molar-refractivity contribution in [2.45, 2.75) is 32.5 Å². The number of aromatic nitrogens is 2. The fourth-order valence-corrected chi connectivity index (χ4v) is 4.40. The maximum Gasteiger partial charge on any atom is 0.131 e. The van der Waals surface area contributed by atoms with E-state index in [1.54, 1.807) is 12.1 Å². The Hall–Kier alpha value is -2.74. The monoisotopic (exact) mass is 438 g/mol. The van der Waals surface area contributed by atoms with Crippen LogP contribution < -0.4 is 4.74 Å². The van der Waals surface area contributed by atoms with Crippen LogP contribution in [0.5, 0.6) is 5.75 Å². The molecule has 0 spiro atoms. The third-order valence-electron chi connectivity index (χ3n) is 6.15. The summed E-state index contributed by atoms with van der Waals surface area (Å²) in [5.41, 5.74) is 2.97. The number of piperazine rings is 1. The van der Waals surface area contributed by atoms with Crippen molar-refractivity contribution in [2.24, 2.45) is 0 Å². The third kappa shape index (κ3) is 5.18. The van der Waals surface area contributed by atoms with Crippen molar-refractivity contribution in [3.05, 3.63) is 77.6 Å². The number of imidazole rings is 1. The van der Waals surface area contributed by atoms with Gasteiger partial charge in [-0.15, -0.1) is 0 Å². The molecule has 1 fully saturated rings. The minimum atomic E-state index is -0.255. The van der Waals surface area contributed by atoms with Crippen LogP contribution in [0, 0.1) is 12.7 Å². The molecular formula is C25H31FN4O2. The molecule has 2 aromatic carbocycles. The number of hydrogen-bond acceptors (Lipinski definition) is 5. The zero-order chi connectivity index (χ0) is 22.5. The molecule has 0 saturated carbocycles. The Bertz CT molecular complexity index is 1040. The highest BCUT2D eigenvalue weighted by Crippen LogP contribution is 2.22. The maximum atomic E-state index is 14.5. The smallest absolute Gasteiger partial charge is 0.131 e. The number of halogens is 1. The summed E-state index contributed by atoms with van der Waals surface area (Å²) < 4.78 is 21.7. The van der Waals surface area contributed by atoms with Crippen LogP contribution in [0.3, 0.4) is 0 Å². The van der Waals surface area contributed by atoms with Gasteiger partial charge in [0.05, 0.1) is 13.7 Å². The van der Waals surface area contributed by atoms with Gasteiger partial charge in [-0.3, -0.25) is 9.80 Å². The Morgan fingerprint density at radius 1 is 1.16 bits per heavy atom. The van der Waals surface area contributed by atoms with Gasteiger partial charge in [0, 0.05) is 68.5 Å². The van der Waals surface area contributed by atoms with Crippen LogP contribution in [0.15, 0.2) is 54.9 Å². The van der Waals surface area contributed by atoms with Gasteiger partial charge in [0.25, 0.3) is 0 Å². The highest BCUT2D eigenvalue weighted by atomic mass is 19.1. The number of aliphatic hydroxyl groups excluding tert-OH is 1. The molecule has 2 heterocycles. The van der Waals surface area contributed by atoms with E-state index < -0.39 is 0 Å². The summed E-state index contributed by atoms with van der Waals surface area (Å²) in [6.45, 7) is 5.92. The van der Waals surface area contributed by atoms with E-state index in [1.807, 2.05) is 12.4 Å². The molecule has 3 aromatic rings. The van der Waals surface area contributed by atoms with Crippen LogP contribution in [0.1, 0.15) is 23.4 Å². The van der Waals surface area contributed by atoms with Crippen molar-refractivity contribution in [3.63, 3.8) is 0 Å². The van der Waals surface area contributed by atoms with Crippen LogP contribution in [0.25, 0.3) is 5.69 Å². The lowest BCUT2D eigenvalue weighted by molar-refractivity contribution is 0.0479. The normalized spacial score (nSPS) is 17.6. The van der Waals surface area contributed by atoms with Gasteiger partial charge in [-0.25, -0.2) is 9.37 Å². The van der Waals surface area contributed by atoms with Gasteiger partial charge in [-0.2, -0.15) is 0 Å². The molecule has 0 bridgehead atoms. The molecule has 32 heavy (non-hydrogen) atoms. The molecule has 1 saturated heterocycles. The van der Waals surface area contributed by atoms with Crippen LogP contribution >= 0.6 is 0 Å². The first-order valence-electron chi connectivity index (χ1n) is 11.1. The molecule has 4 rings (SSSR count). The van der Waals surface area contributed by atoms with Gasteiger partial charge in [-0.1, -0.05) is 18.2 Å². The first-order chi connectivity index (χ1) is 15.6. The predicted octanol–water partition coefficient (Wildman–Crippen LogP) is 3.40. The Morgan fingerprint density at radius 3 is 2.78 bits per heavy atom. The van der Waals surface area contributed by atoms with Crippen LogP contribution in [-0.4, -0.2) is 63.9 Å². The average molecular weight is 439 g/mol. The standard InChI is InChI=1S/C25H31FN4O2/c1-19-4-3-5-21(14-19)30-10-9-27-25(30)18-28-11-12-29(22(17-28)8-13-31)16-20-6-7-23(32-2)15-24(20)26/h3-7,9-10,14-15,22,31H,8,11-13,16-18H2,1-2H3/t22-/m0/s1. The molecule has 1 aliphatic heterocycles. The molecule has 1 N–H and O–H groups in total. The average Bonchev–Trinajstić information content (AvgIpc) is 3.25. The van der Waals surface area contributed by atoms with Crippen LogP contribution in [0.2, 0.25) is 0 Å². The second kappa shape index (κ2) is 10.3. The molecule has 0 amide bonds. The second-order valence-electron chi connectivity index (χ2n) is 8.38. The molecule has 0 unspecified atom stereocenters. The number of aliphatic hydroxyl groups is 1. The quantitative estimate of drug-likeness (QED) is 0.584. The number of aryl methyl sites for hydroxylation is 1. The molecule has 0 radical (unpaired) electrons. The molecule has 7 heteroatoms. The lowest BCUT2D eigenvalue weighted by Gasteiger charge is -2.41. The minimum absolute atomic E-state index is 0.109. The first-order valence-corrected chi connectivity index (χ1v) is 11.1. The van der Waals surface area contributed by atoms with E-state index in [0.717, 1.165) is 37.7 Å². The Labute approximate surface area is 188 Å². The van der Waals surface area contributed by atoms with Crippen LogP contribution in [0.4, 0.5) is 4.39 Å². The fourth-order valence-electron chi connectivity index (χ4n) is 4.40. The van der Waals surface area contributed by atoms with Gasteiger partial charge in [0.1, 0.15) is 17.4 Å². The number of hydrogen-bond donors (Lipinski definition) is 1. The van der Waals surface area contributed by atoms with E-state index in [-0.39, 0.29) is 18.5 Å². The second-order valence-corrected chi connectivity index (χ2v) is 8.38. The van der Waals surface area contributed by atoms with E-state index in [9.17, 15) is 9.50 Å². The van der Waals surface area contributed by atoms with E-state index >= 15 is 0 Å². The van der Waals surface area contributed by atoms with Gasteiger partial charge in [0.2, 0.25) is 0 Å². The van der Waals surface area contributed by atoms with Crippen molar-refractivity contribution in [2.75, 3.05) is 33.4 Å². The van der Waals surface area contributed by atoms with Gasteiger partial charge in [0.15, 0.2) is 0 Å². The highest BCUT2D eigenvalue weighted by molar-refractivity contribution is 5.36. The Kier molecular flexibility index (Phi) is 7.19. The lowest BCUT2D eigenvalue weighted by atomic mass is 10.1. The molecule has 170 valence electrons. The van der Waals surface area contributed by atoms with Gasteiger partial charge < -0.3 is 14.4 Å². The lowest BCUT2D eigenvalue weighted by Crippen LogP contribution is -2.52. The maximum absolute atomic E-state index is 14.5. The minimum Gasteiger partial charge on any atom is -0.497 e. The van der Waals surface area contributed by atoms with Crippen molar-refractivity contribution >= 4 is 0 Å². The summed E-state index contributed by atoms with van der Waals surface area (Å²) in [7, 11) is 1.54. The molecule has 1 atom stereocenters. The van der Waals surface area contributed by atoms with E-state index in [1.165, 1.54) is 18.7 Å². The van der Waals surface area contributed by atoms with Crippen LogP contribution in [-0.2, 0) is 13.1 Å². The summed E-state index contributed by atoms with van der Waals surface area (Å²) in [6.07, 6.45) is 4.49. The highest BCUT2D eigenvalue weighted by Gasteiger charge is 2.28. The number of nitrogens with zero attached hydrogens (tertiary/aromatic N) is 4. The largest absolute Gasteiger partial charge is 0.497 e. The molecular weight excluding hydrogens is 407 g/mol. The predicted molar refractivity (Wildman–Crippen MR) is 122 cm³/mol. The summed E-state index contributed by atoms with van der Waals surface area (Å²) in [6, 6.07) is 13.5. The van der Waals surface area contributed by atoms with Crippen molar-refractivity contribution in [3.8, 4) is 11.4 Å². The summed E-state index contributed by atoms with van der Waals surface area (Å²) >= 11 is 0. The zero-order valence-electron chi connectivity index (χ0n) is 18.7. The Balaban J connectivity index is 1.44. The van der Waals surface area contributed by atoms with Gasteiger partial charge >= 0.3 is 0 Å². The summed E-state index contributed by atoms with van der Waals surface area (Å²) in [5.74, 6) is 1.26. The Morgan fingerprint density at radius 2 is 2.03 bits per heavy atom. The summed E-state index contributed by atoms with van der Waals surface area (Å²) in [5, 5.41) is 9.63. The van der Waals surface area contributed by atoms with Gasteiger partial charge in [-0.05, 0) is 37.1 Å². The van der Waals surface area contributed by atoms with Crippen molar-refractivity contribution in [1.29, 1.82) is 0 Å². The SMILES string of the molecule is COc1ccc(CN2CCN(Cc3nccn3-c3cccc(C)c3)C[C@@H]2CCO)c(F)c1. The molecule has 6 nitrogen and oxygen atoms in total. The van der Waals surface area contributed by atoms with E-state index in [0.29, 0.717) is 24.3 Å². The van der Waals surface area contributed by atoms with E-state index in [4.69, 9.17) is 4.74 Å². The zero-order valence-corrected chi connectivity index (χ0v) is 18.7. The molecule has 1 aliphatic rings. The number of ether oxygens (including phenoxy) is 1. The fraction of sp³-hybridized carbons (Fsp3) is 0.400. The summed E-state index contributed by atoms with van der Waals surface area (Å²) in [4.78, 5) is 9.24. The number of benzene rings is 2. The van der Waals surface area contributed by atoms with Crippen molar-refractivity contribution < 1.29 is 14.2 Å². The molecule has 1 aromatic heterocycles. The topological polar surface area (TPSA) is 53.8 Å². The first kappa shape index (κ1) is 22.5. The van der Waals surface area contributed by atoms with Crippen molar-refractivity contribution in [1.82, 2.24) is 19.4 Å². The third-order valence-corrected chi connectivity index (χ3v) is 6.15. The number of methoxy groups -OCH3 is 1.